The summed E-state index contributed by atoms with van der Waals surface area (Å²) in [6.07, 6.45) is 1.16. The number of rotatable bonds is 2. The van der Waals surface area contributed by atoms with Crippen molar-refractivity contribution in [1.29, 1.82) is 0 Å². The van der Waals surface area contributed by atoms with Gasteiger partial charge in [-0.1, -0.05) is 18.7 Å². The maximum atomic E-state index is 5.81. The summed E-state index contributed by atoms with van der Waals surface area (Å²) in [6.45, 7) is 4.97. The number of aliphatic imine (C=N–C) groups is 1. The number of thioether (sulfide) groups is 1. The molecular formula is C8H14N4S. The second-order valence-electron chi connectivity index (χ2n) is 3.21. The molecule has 0 saturated carbocycles. The van der Waals surface area contributed by atoms with E-state index >= 15 is 0 Å². The molecule has 0 aromatic rings. The van der Waals surface area contributed by atoms with Gasteiger partial charge in [0.1, 0.15) is 5.82 Å². The lowest BCUT2D eigenvalue weighted by atomic mass is 10.4. The van der Waals surface area contributed by atoms with Crippen LogP contribution in [0, 0.1) is 0 Å². The number of nitrogens with two attached hydrogens (primary N) is 1. The van der Waals surface area contributed by atoms with E-state index in [1.807, 2.05) is 5.41 Å². The third kappa shape index (κ3) is 1.66. The van der Waals surface area contributed by atoms with E-state index in [0.29, 0.717) is 0 Å². The maximum absolute atomic E-state index is 5.81. The molecule has 2 N–H and O–H groups in total. The highest BCUT2D eigenvalue weighted by molar-refractivity contribution is 8.16. The summed E-state index contributed by atoms with van der Waals surface area (Å²) in [6, 6.07) is 0. The summed E-state index contributed by atoms with van der Waals surface area (Å²) < 4.78 is 0. The van der Waals surface area contributed by atoms with Crippen molar-refractivity contribution in [3.05, 3.63) is 11.2 Å². The molecule has 2 aliphatic rings. The van der Waals surface area contributed by atoms with E-state index in [1.54, 1.807) is 11.8 Å². The first-order valence-electron chi connectivity index (χ1n) is 4.48. The normalized spacial score (nSPS) is 22.7. The summed E-state index contributed by atoms with van der Waals surface area (Å²) in [4.78, 5) is 8.79. The topological polar surface area (TPSA) is 44.9 Å². The van der Waals surface area contributed by atoms with Crippen molar-refractivity contribution in [3.8, 4) is 0 Å². The summed E-state index contributed by atoms with van der Waals surface area (Å²) in [5.41, 5.74) is 5.81. The molecule has 0 aliphatic carbocycles. The van der Waals surface area contributed by atoms with Crippen LogP contribution in [0.1, 0.15) is 13.3 Å². The monoisotopic (exact) mass is 198 g/mol. The van der Waals surface area contributed by atoms with Crippen LogP contribution in [0.2, 0.25) is 0 Å². The van der Waals surface area contributed by atoms with Crippen LogP contribution in [0.4, 0.5) is 0 Å². The highest BCUT2D eigenvalue weighted by Crippen LogP contribution is 2.25. The molecule has 4 nitrogen and oxygen atoms in total. The lowest BCUT2D eigenvalue weighted by Gasteiger charge is -2.32. The Morgan fingerprint density at radius 1 is 1.69 bits per heavy atom. The second kappa shape index (κ2) is 3.59. The molecule has 5 heteroatoms. The van der Waals surface area contributed by atoms with Gasteiger partial charge >= 0.3 is 0 Å². The molecule has 72 valence electrons. The lowest BCUT2D eigenvalue weighted by Crippen LogP contribution is -2.44. The van der Waals surface area contributed by atoms with Crippen molar-refractivity contribution in [2.45, 2.75) is 13.3 Å². The Morgan fingerprint density at radius 3 is 3.31 bits per heavy atom. The van der Waals surface area contributed by atoms with Gasteiger partial charge in [0, 0.05) is 12.0 Å². The van der Waals surface area contributed by atoms with Crippen molar-refractivity contribution in [3.63, 3.8) is 0 Å². The van der Waals surface area contributed by atoms with Crippen molar-refractivity contribution < 1.29 is 0 Å². The predicted octanol–water partition coefficient (Wildman–Crippen LogP) is 0.789. The third-order valence-corrected chi connectivity index (χ3v) is 3.03. The van der Waals surface area contributed by atoms with Crippen LogP contribution in [-0.4, -0.2) is 34.8 Å². The first kappa shape index (κ1) is 8.90. The van der Waals surface area contributed by atoms with Gasteiger partial charge in [-0.25, -0.2) is 4.99 Å². The van der Waals surface area contributed by atoms with E-state index in [9.17, 15) is 0 Å². The lowest BCUT2D eigenvalue weighted by molar-refractivity contribution is 0.198. The van der Waals surface area contributed by atoms with Crippen LogP contribution >= 0.6 is 11.8 Å². The molecule has 0 atom stereocenters. The predicted molar refractivity (Wildman–Crippen MR) is 55.9 cm³/mol. The summed E-state index contributed by atoms with van der Waals surface area (Å²) in [7, 11) is 0. The van der Waals surface area contributed by atoms with E-state index in [1.165, 1.54) is 0 Å². The molecular weight excluding hydrogens is 184 g/mol. The molecule has 0 bridgehead atoms. The Kier molecular flexibility index (Phi) is 2.46. The Hall–Kier alpha value is -0.680. The fourth-order valence-electron chi connectivity index (χ4n) is 1.48. The molecule has 2 rings (SSSR count). The molecule has 0 spiro atoms. The van der Waals surface area contributed by atoms with Crippen molar-refractivity contribution in [2.75, 3.05) is 19.9 Å². The summed E-state index contributed by atoms with van der Waals surface area (Å²) in [5.74, 6) is 0.824. The third-order valence-electron chi connectivity index (χ3n) is 2.11. The molecule has 13 heavy (non-hydrogen) atoms. The van der Waals surface area contributed by atoms with E-state index in [-0.39, 0.29) is 0 Å². The van der Waals surface area contributed by atoms with E-state index in [4.69, 9.17) is 5.73 Å². The minimum Gasteiger partial charge on any atom is -0.385 e. The first-order valence-corrected chi connectivity index (χ1v) is 5.36. The van der Waals surface area contributed by atoms with Crippen molar-refractivity contribution in [1.82, 2.24) is 9.80 Å². The van der Waals surface area contributed by atoms with Gasteiger partial charge < -0.3 is 5.73 Å². The fourth-order valence-corrected chi connectivity index (χ4v) is 2.25. The zero-order valence-corrected chi connectivity index (χ0v) is 8.55. The number of nitrogens with zero attached hydrogens (tertiary/aromatic N) is 3. The van der Waals surface area contributed by atoms with Crippen molar-refractivity contribution >= 4 is 16.9 Å². The molecule has 2 aliphatic heterocycles. The average molecular weight is 198 g/mol. The number of amidine groups is 1. The average Bonchev–Trinajstić information content (AvgIpc) is 2.49. The smallest absolute Gasteiger partial charge is 0.171 e. The molecule has 0 aromatic heterocycles. The summed E-state index contributed by atoms with van der Waals surface area (Å²) in [5, 5.41) is 3.00. The van der Waals surface area contributed by atoms with Crippen LogP contribution < -0.4 is 5.73 Å². The maximum Gasteiger partial charge on any atom is 0.171 e. The van der Waals surface area contributed by atoms with Gasteiger partial charge in [-0.05, 0) is 6.42 Å². The SMILES string of the molecule is CCCN1CN=C2SC=C(N)N2C1. The van der Waals surface area contributed by atoms with Crippen LogP contribution in [0.5, 0.6) is 0 Å². The quantitative estimate of drug-likeness (QED) is 0.712. The van der Waals surface area contributed by atoms with Gasteiger partial charge in [0.15, 0.2) is 5.17 Å². The van der Waals surface area contributed by atoms with E-state index in [2.05, 4.69) is 21.7 Å². The van der Waals surface area contributed by atoms with E-state index < -0.39 is 0 Å². The molecule has 0 amide bonds. The first-order chi connectivity index (χ1) is 6.31. The van der Waals surface area contributed by atoms with Crippen LogP contribution in [-0.2, 0) is 0 Å². The van der Waals surface area contributed by atoms with Gasteiger partial charge in [0.25, 0.3) is 0 Å². The Bertz CT molecular complexity index is 261. The second-order valence-corrected chi connectivity index (χ2v) is 4.04. The van der Waals surface area contributed by atoms with Crippen LogP contribution in [0.25, 0.3) is 0 Å². The molecule has 0 unspecified atom stereocenters. The largest absolute Gasteiger partial charge is 0.385 e. The van der Waals surface area contributed by atoms with Crippen LogP contribution in [0.15, 0.2) is 16.2 Å². The molecule has 0 saturated heterocycles. The molecule has 2 heterocycles. The van der Waals surface area contributed by atoms with Gasteiger partial charge in [-0.2, -0.15) is 0 Å². The minimum absolute atomic E-state index is 0.813. The summed E-state index contributed by atoms with van der Waals surface area (Å²) >= 11 is 1.62. The highest BCUT2D eigenvalue weighted by atomic mass is 32.2. The molecule has 0 radical (unpaired) electrons. The zero-order chi connectivity index (χ0) is 9.26. The number of fused-ring (bicyclic) bond motifs is 1. The highest BCUT2D eigenvalue weighted by Gasteiger charge is 2.25. The van der Waals surface area contributed by atoms with Gasteiger partial charge in [-0.15, -0.1) is 0 Å². The van der Waals surface area contributed by atoms with Gasteiger partial charge in [-0.3, -0.25) is 9.80 Å². The fraction of sp³-hybridized carbons (Fsp3) is 0.625. The standard InChI is InChI=1S/C8H14N4S/c1-2-3-11-5-10-8-12(6-11)7(9)4-13-8/h4H,2-3,5-6,9H2,1H3. The molecule has 0 fully saturated rings. The Morgan fingerprint density at radius 2 is 2.54 bits per heavy atom. The Labute approximate surface area is 82.5 Å². The van der Waals surface area contributed by atoms with Crippen LogP contribution in [0.3, 0.4) is 0 Å². The van der Waals surface area contributed by atoms with Crippen molar-refractivity contribution in [2.24, 2.45) is 10.7 Å². The number of hydrogen-bond acceptors (Lipinski definition) is 5. The van der Waals surface area contributed by atoms with E-state index in [0.717, 1.165) is 37.3 Å². The minimum atomic E-state index is 0.813. The zero-order valence-electron chi connectivity index (χ0n) is 7.73. The van der Waals surface area contributed by atoms with Gasteiger partial charge in [0.2, 0.25) is 0 Å². The Balaban J connectivity index is 2.04. The van der Waals surface area contributed by atoms with Gasteiger partial charge in [0.05, 0.1) is 13.3 Å². The number of hydrogen-bond donors (Lipinski definition) is 1. The molecule has 0 aromatic carbocycles.